The molecule has 1 atom stereocenters. The lowest BCUT2D eigenvalue weighted by Crippen LogP contribution is -2.30. The van der Waals surface area contributed by atoms with Crippen LogP contribution in [0.3, 0.4) is 0 Å². The summed E-state index contributed by atoms with van der Waals surface area (Å²) in [6.07, 6.45) is 59.5. The molecule has 6 heteroatoms. The first kappa shape index (κ1) is 58.4. The van der Waals surface area contributed by atoms with E-state index in [1.807, 2.05) is 0 Å². The third kappa shape index (κ3) is 48.3. The number of hydrogen-bond donors (Lipinski definition) is 0. The number of ether oxygens (including phenoxy) is 3. The molecule has 0 radical (unpaired) electrons. The largest absolute Gasteiger partial charge is 0.462 e. The summed E-state index contributed by atoms with van der Waals surface area (Å²) in [5.41, 5.74) is 0. The van der Waals surface area contributed by atoms with Crippen LogP contribution in [-0.2, 0) is 28.6 Å². The molecule has 0 aliphatic heterocycles. The molecule has 0 saturated heterocycles. The van der Waals surface area contributed by atoms with Crippen molar-refractivity contribution in [1.82, 2.24) is 0 Å². The average Bonchev–Trinajstić information content (AvgIpc) is 3.26. The summed E-state index contributed by atoms with van der Waals surface area (Å²) in [7, 11) is 0. The second-order valence-electron chi connectivity index (χ2n) is 17.4. The van der Waals surface area contributed by atoms with E-state index in [1.54, 1.807) is 0 Å². The second-order valence-corrected chi connectivity index (χ2v) is 17.4. The Balaban J connectivity index is 4.39. The highest BCUT2D eigenvalue weighted by Crippen LogP contribution is 2.16. The third-order valence-corrected chi connectivity index (χ3v) is 11.3. The van der Waals surface area contributed by atoms with Crippen molar-refractivity contribution in [2.24, 2.45) is 0 Å². The van der Waals surface area contributed by atoms with Gasteiger partial charge in [-0.15, -0.1) is 0 Å². The van der Waals surface area contributed by atoms with E-state index >= 15 is 0 Å². The monoisotopic (exact) mass is 855 g/mol. The Morgan fingerprint density at radius 1 is 0.328 bits per heavy atom. The molecule has 0 N–H and O–H groups in total. The van der Waals surface area contributed by atoms with Crippen molar-refractivity contribution in [2.75, 3.05) is 13.2 Å². The molecular weight excluding hydrogens is 757 g/mol. The maximum atomic E-state index is 12.8. The number of unbranched alkanes of at least 4 members (excludes halogenated alkanes) is 28. The van der Waals surface area contributed by atoms with Crippen LogP contribution in [0.1, 0.15) is 265 Å². The predicted octanol–water partition coefficient (Wildman–Crippen LogP) is 17.1. The van der Waals surface area contributed by atoms with Crippen molar-refractivity contribution in [3.05, 3.63) is 48.6 Å². The van der Waals surface area contributed by atoms with Crippen LogP contribution in [-0.4, -0.2) is 37.2 Å². The molecule has 0 heterocycles. The molecule has 6 nitrogen and oxygen atoms in total. The molecule has 0 spiro atoms. The van der Waals surface area contributed by atoms with Crippen molar-refractivity contribution in [3.8, 4) is 0 Å². The van der Waals surface area contributed by atoms with Gasteiger partial charge in [-0.05, 0) is 77.0 Å². The maximum Gasteiger partial charge on any atom is 0.306 e. The zero-order chi connectivity index (χ0) is 44.4. The van der Waals surface area contributed by atoms with Crippen LogP contribution in [0, 0.1) is 0 Å². The Morgan fingerprint density at radius 3 is 1.05 bits per heavy atom. The van der Waals surface area contributed by atoms with Crippen molar-refractivity contribution < 1.29 is 28.6 Å². The first-order chi connectivity index (χ1) is 30.0. The summed E-state index contributed by atoms with van der Waals surface area (Å²) in [6.45, 7) is 6.55. The fourth-order valence-corrected chi connectivity index (χ4v) is 7.31. The predicted molar refractivity (Wildman–Crippen MR) is 261 cm³/mol. The summed E-state index contributed by atoms with van der Waals surface area (Å²) in [6, 6.07) is 0. The van der Waals surface area contributed by atoms with Gasteiger partial charge >= 0.3 is 17.9 Å². The molecule has 0 rings (SSSR count). The molecule has 0 aromatic rings. The summed E-state index contributed by atoms with van der Waals surface area (Å²) in [5.74, 6) is -0.928. The standard InChI is InChI=1S/C55H98O6/c1-4-7-10-13-16-19-22-24-26-27-29-31-34-37-40-43-46-49-55(58)61-52(50-59-53(56)47-44-41-38-35-32-21-18-15-12-9-6-3)51-60-54(57)48-45-42-39-36-33-30-28-25-23-20-17-14-11-8-5-2/h15,17-18,20,25,28,33,36,52H,4-14,16,19,21-24,26-27,29-32,34-35,37-51H2,1-3H3/b18-15-,20-17-,28-25-,36-33-/t52-/m0/s1. The summed E-state index contributed by atoms with van der Waals surface area (Å²) in [4.78, 5) is 37.9. The zero-order valence-corrected chi connectivity index (χ0v) is 40.4. The van der Waals surface area contributed by atoms with E-state index in [0.29, 0.717) is 19.3 Å². The highest BCUT2D eigenvalue weighted by Gasteiger charge is 2.19. The Morgan fingerprint density at radius 2 is 0.607 bits per heavy atom. The SMILES string of the molecule is CCCC/C=C\CCCCCCCC(=O)OC[C@@H](COC(=O)CCCC/C=C\C/C=C\C/C=C\CCCCC)OC(=O)CCCCCCCCCCCCCCCCCCC. The average molecular weight is 855 g/mol. The quantitative estimate of drug-likeness (QED) is 0.0263. The van der Waals surface area contributed by atoms with Crippen molar-refractivity contribution >= 4 is 17.9 Å². The minimum atomic E-state index is -0.788. The highest BCUT2D eigenvalue weighted by atomic mass is 16.6. The van der Waals surface area contributed by atoms with E-state index in [9.17, 15) is 14.4 Å². The van der Waals surface area contributed by atoms with E-state index in [4.69, 9.17) is 14.2 Å². The number of esters is 3. The van der Waals surface area contributed by atoms with Gasteiger partial charge < -0.3 is 14.2 Å². The van der Waals surface area contributed by atoms with E-state index in [-0.39, 0.29) is 31.1 Å². The van der Waals surface area contributed by atoms with Crippen molar-refractivity contribution in [1.29, 1.82) is 0 Å². The Labute approximate surface area is 378 Å². The van der Waals surface area contributed by atoms with Gasteiger partial charge in [0.15, 0.2) is 6.10 Å². The van der Waals surface area contributed by atoms with Crippen LogP contribution in [0.5, 0.6) is 0 Å². The summed E-state index contributed by atoms with van der Waals surface area (Å²) < 4.78 is 16.8. The third-order valence-electron chi connectivity index (χ3n) is 11.3. The van der Waals surface area contributed by atoms with Crippen LogP contribution in [0.4, 0.5) is 0 Å². The van der Waals surface area contributed by atoms with Gasteiger partial charge in [0.2, 0.25) is 0 Å². The number of rotatable bonds is 47. The molecule has 0 aromatic carbocycles. The van der Waals surface area contributed by atoms with E-state index in [2.05, 4.69) is 69.4 Å². The smallest absolute Gasteiger partial charge is 0.306 e. The van der Waals surface area contributed by atoms with E-state index in [1.165, 1.54) is 148 Å². The molecule has 0 aliphatic carbocycles. The van der Waals surface area contributed by atoms with Gasteiger partial charge in [0.25, 0.3) is 0 Å². The zero-order valence-electron chi connectivity index (χ0n) is 40.4. The van der Waals surface area contributed by atoms with Gasteiger partial charge in [-0.25, -0.2) is 0 Å². The Kier molecular flexibility index (Phi) is 47.9. The van der Waals surface area contributed by atoms with Gasteiger partial charge in [-0.1, -0.05) is 217 Å². The Bertz CT molecular complexity index is 1070. The highest BCUT2D eigenvalue weighted by molar-refractivity contribution is 5.71. The van der Waals surface area contributed by atoms with Crippen LogP contribution >= 0.6 is 0 Å². The lowest BCUT2D eigenvalue weighted by Gasteiger charge is -2.18. The van der Waals surface area contributed by atoms with Gasteiger partial charge in [0.05, 0.1) is 0 Å². The molecule has 0 bridgehead atoms. The number of carbonyl (C=O) groups excluding carboxylic acids is 3. The summed E-state index contributed by atoms with van der Waals surface area (Å²) >= 11 is 0. The fraction of sp³-hybridized carbons (Fsp3) is 0.800. The molecule has 0 saturated carbocycles. The van der Waals surface area contributed by atoms with Crippen molar-refractivity contribution in [2.45, 2.75) is 271 Å². The molecule has 0 amide bonds. The molecule has 0 aliphatic rings. The lowest BCUT2D eigenvalue weighted by molar-refractivity contribution is -0.167. The summed E-state index contributed by atoms with van der Waals surface area (Å²) in [5, 5.41) is 0. The maximum absolute atomic E-state index is 12.8. The first-order valence-electron chi connectivity index (χ1n) is 26.1. The second kappa shape index (κ2) is 50.0. The minimum Gasteiger partial charge on any atom is -0.462 e. The van der Waals surface area contributed by atoms with Crippen molar-refractivity contribution in [3.63, 3.8) is 0 Å². The van der Waals surface area contributed by atoms with Gasteiger partial charge in [0, 0.05) is 19.3 Å². The molecule has 0 unspecified atom stereocenters. The number of carbonyl (C=O) groups is 3. The molecular formula is C55H98O6. The first-order valence-corrected chi connectivity index (χ1v) is 26.1. The molecule has 354 valence electrons. The number of allylic oxidation sites excluding steroid dienone is 8. The van der Waals surface area contributed by atoms with Gasteiger partial charge in [-0.3, -0.25) is 14.4 Å². The molecule has 61 heavy (non-hydrogen) atoms. The van der Waals surface area contributed by atoms with Crippen LogP contribution < -0.4 is 0 Å². The molecule has 0 aromatic heterocycles. The van der Waals surface area contributed by atoms with Gasteiger partial charge in [-0.2, -0.15) is 0 Å². The van der Waals surface area contributed by atoms with E-state index < -0.39 is 6.10 Å². The minimum absolute atomic E-state index is 0.0875. The topological polar surface area (TPSA) is 78.9 Å². The van der Waals surface area contributed by atoms with Crippen LogP contribution in [0.2, 0.25) is 0 Å². The lowest BCUT2D eigenvalue weighted by atomic mass is 10.0. The van der Waals surface area contributed by atoms with E-state index in [0.717, 1.165) is 77.0 Å². The fourth-order valence-electron chi connectivity index (χ4n) is 7.31. The normalized spacial score (nSPS) is 12.4. The molecule has 0 fully saturated rings. The van der Waals surface area contributed by atoms with Crippen LogP contribution in [0.15, 0.2) is 48.6 Å². The van der Waals surface area contributed by atoms with Gasteiger partial charge in [0.1, 0.15) is 13.2 Å². The Hall–Kier alpha value is -2.63. The van der Waals surface area contributed by atoms with Crippen LogP contribution in [0.25, 0.3) is 0 Å². The number of hydrogen-bond acceptors (Lipinski definition) is 6.